The summed E-state index contributed by atoms with van der Waals surface area (Å²) in [6.07, 6.45) is 1.01. The van der Waals surface area contributed by atoms with E-state index in [1.807, 2.05) is 0 Å². The van der Waals surface area contributed by atoms with Gasteiger partial charge in [-0.2, -0.15) is 0 Å². The predicted molar refractivity (Wildman–Crippen MR) is 70.4 cm³/mol. The molecule has 1 aromatic carbocycles. The average Bonchev–Trinajstić information content (AvgIpc) is 2.26. The molecular weight excluding hydrogens is 236 g/mol. The molecule has 3 N–H and O–H groups in total. The average molecular weight is 256 g/mol. The van der Waals surface area contributed by atoms with Gasteiger partial charge in [0.2, 0.25) is 10.0 Å². The maximum atomic E-state index is 11.4. The SMILES string of the molecule is CCC(C)(C)CNc1ccccc1S(N)(=O)=O. The standard InChI is InChI=1S/C12H20N2O2S/c1-4-12(2,3)9-14-10-7-5-6-8-11(10)17(13,15)16/h5-8,14H,4,9H2,1-3H3,(H2,13,15,16). The topological polar surface area (TPSA) is 72.2 Å². The molecule has 0 aliphatic carbocycles. The minimum Gasteiger partial charge on any atom is -0.383 e. The van der Waals surface area contributed by atoms with Crippen LogP contribution in [0.5, 0.6) is 0 Å². The third kappa shape index (κ3) is 4.02. The second-order valence-electron chi connectivity index (χ2n) is 4.91. The number of rotatable bonds is 5. The van der Waals surface area contributed by atoms with Crippen molar-refractivity contribution in [1.29, 1.82) is 0 Å². The number of nitrogens with one attached hydrogen (secondary N) is 1. The zero-order valence-corrected chi connectivity index (χ0v) is 11.3. The monoisotopic (exact) mass is 256 g/mol. The van der Waals surface area contributed by atoms with Crippen molar-refractivity contribution in [3.8, 4) is 0 Å². The number of anilines is 1. The molecule has 96 valence electrons. The Hall–Kier alpha value is -1.07. The van der Waals surface area contributed by atoms with Crippen LogP contribution in [0.15, 0.2) is 29.2 Å². The second-order valence-corrected chi connectivity index (χ2v) is 6.44. The first-order valence-corrected chi connectivity index (χ1v) is 7.16. The van der Waals surface area contributed by atoms with E-state index in [9.17, 15) is 8.42 Å². The Labute approximate surface area is 103 Å². The highest BCUT2D eigenvalue weighted by atomic mass is 32.2. The van der Waals surface area contributed by atoms with E-state index in [4.69, 9.17) is 5.14 Å². The fourth-order valence-electron chi connectivity index (χ4n) is 1.32. The molecule has 0 amide bonds. The normalized spacial score (nSPS) is 12.5. The van der Waals surface area contributed by atoms with Crippen molar-refractivity contribution in [2.45, 2.75) is 32.1 Å². The van der Waals surface area contributed by atoms with Gasteiger partial charge in [-0.25, -0.2) is 13.6 Å². The van der Waals surface area contributed by atoms with Gasteiger partial charge in [0.05, 0.1) is 5.69 Å². The van der Waals surface area contributed by atoms with Crippen molar-refractivity contribution in [3.63, 3.8) is 0 Å². The molecule has 0 saturated carbocycles. The van der Waals surface area contributed by atoms with Crippen molar-refractivity contribution < 1.29 is 8.42 Å². The van der Waals surface area contributed by atoms with Gasteiger partial charge in [0, 0.05) is 6.54 Å². The molecule has 0 aliphatic rings. The molecule has 0 atom stereocenters. The Morgan fingerprint density at radius 1 is 1.29 bits per heavy atom. The number of hydrogen-bond acceptors (Lipinski definition) is 3. The van der Waals surface area contributed by atoms with Gasteiger partial charge in [0.25, 0.3) is 0 Å². The summed E-state index contributed by atoms with van der Waals surface area (Å²) in [4.78, 5) is 0.145. The number of benzene rings is 1. The van der Waals surface area contributed by atoms with Crippen LogP contribution in [0, 0.1) is 5.41 Å². The van der Waals surface area contributed by atoms with E-state index in [0.717, 1.165) is 6.42 Å². The highest BCUT2D eigenvalue weighted by Crippen LogP contribution is 2.24. The molecule has 4 nitrogen and oxygen atoms in total. The van der Waals surface area contributed by atoms with Crippen LogP contribution in [0.3, 0.4) is 0 Å². The van der Waals surface area contributed by atoms with Crippen LogP contribution in [0.4, 0.5) is 5.69 Å². The maximum absolute atomic E-state index is 11.4. The van der Waals surface area contributed by atoms with Crippen molar-refractivity contribution >= 4 is 15.7 Å². The first-order chi connectivity index (χ1) is 7.76. The molecule has 0 aliphatic heterocycles. The molecular formula is C12H20N2O2S. The predicted octanol–water partition coefficient (Wildman–Crippen LogP) is 2.18. The quantitative estimate of drug-likeness (QED) is 0.848. The van der Waals surface area contributed by atoms with Crippen LogP contribution >= 0.6 is 0 Å². The lowest BCUT2D eigenvalue weighted by Gasteiger charge is -2.24. The van der Waals surface area contributed by atoms with Crippen molar-refractivity contribution in [1.82, 2.24) is 0 Å². The Bertz CT molecular complexity index is 481. The van der Waals surface area contributed by atoms with Crippen LogP contribution in [-0.2, 0) is 10.0 Å². The molecule has 0 spiro atoms. The Morgan fingerprint density at radius 3 is 2.41 bits per heavy atom. The Kier molecular flexibility index (Phi) is 4.16. The van der Waals surface area contributed by atoms with Crippen LogP contribution in [0.2, 0.25) is 0 Å². The lowest BCUT2D eigenvalue weighted by Crippen LogP contribution is -2.23. The van der Waals surface area contributed by atoms with E-state index in [2.05, 4.69) is 26.1 Å². The largest absolute Gasteiger partial charge is 0.383 e. The fourth-order valence-corrected chi connectivity index (χ4v) is 2.04. The summed E-state index contributed by atoms with van der Waals surface area (Å²) in [5, 5.41) is 8.31. The summed E-state index contributed by atoms with van der Waals surface area (Å²) in [6, 6.07) is 6.69. The van der Waals surface area contributed by atoms with Crippen LogP contribution < -0.4 is 10.5 Å². The molecule has 0 radical (unpaired) electrons. The van der Waals surface area contributed by atoms with Gasteiger partial charge >= 0.3 is 0 Å². The smallest absolute Gasteiger partial charge is 0.240 e. The molecule has 0 saturated heterocycles. The molecule has 0 unspecified atom stereocenters. The first kappa shape index (κ1) is 14.0. The molecule has 1 rings (SSSR count). The zero-order valence-electron chi connectivity index (χ0n) is 10.5. The summed E-state index contributed by atoms with van der Waals surface area (Å²) in [6.45, 7) is 7.06. The zero-order chi connectivity index (χ0) is 13.1. The molecule has 0 heterocycles. The minimum atomic E-state index is -3.67. The van der Waals surface area contributed by atoms with Crippen molar-refractivity contribution in [2.24, 2.45) is 10.6 Å². The van der Waals surface area contributed by atoms with Gasteiger partial charge < -0.3 is 5.32 Å². The van der Waals surface area contributed by atoms with E-state index in [-0.39, 0.29) is 10.3 Å². The number of nitrogens with two attached hydrogens (primary N) is 1. The number of sulfonamides is 1. The number of para-hydroxylation sites is 1. The number of hydrogen-bond donors (Lipinski definition) is 2. The van der Waals surface area contributed by atoms with E-state index in [1.54, 1.807) is 18.2 Å². The molecule has 0 aromatic heterocycles. The van der Waals surface area contributed by atoms with Gasteiger partial charge in [-0.15, -0.1) is 0 Å². The van der Waals surface area contributed by atoms with Gasteiger partial charge in [-0.3, -0.25) is 0 Å². The summed E-state index contributed by atoms with van der Waals surface area (Å²) >= 11 is 0. The van der Waals surface area contributed by atoms with Crippen molar-refractivity contribution in [2.75, 3.05) is 11.9 Å². The minimum absolute atomic E-state index is 0.117. The van der Waals surface area contributed by atoms with E-state index in [1.165, 1.54) is 6.07 Å². The van der Waals surface area contributed by atoms with Gasteiger partial charge in [0.1, 0.15) is 4.90 Å². The van der Waals surface area contributed by atoms with E-state index < -0.39 is 10.0 Å². The third-order valence-corrected chi connectivity index (χ3v) is 3.88. The molecule has 17 heavy (non-hydrogen) atoms. The Morgan fingerprint density at radius 2 is 1.88 bits per heavy atom. The molecule has 0 bridgehead atoms. The second kappa shape index (κ2) is 5.06. The first-order valence-electron chi connectivity index (χ1n) is 5.62. The lowest BCUT2D eigenvalue weighted by atomic mass is 9.90. The summed E-state index contributed by atoms with van der Waals surface area (Å²) in [5.74, 6) is 0. The summed E-state index contributed by atoms with van der Waals surface area (Å²) in [5.41, 5.74) is 0.683. The maximum Gasteiger partial charge on any atom is 0.240 e. The highest BCUT2D eigenvalue weighted by Gasteiger charge is 2.17. The van der Waals surface area contributed by atoms with Crippen molar-refractivity contribution in [3.05, 3.63) is 24.3 Å². The van der Waals surface area contributed by atoms with Crippen LogP contribution in [-0.4, -0.2) is 15.0 Å². The fraction of sp³-hybridized carbons (Fsp3) is 0.500. The van der Waals surface area contributed by atoms with Gasteiger partial charge in [-0.1, -0.05) is 32.9 Å². The molecule has 0 fully saturated rings. The summed E-state index contributed by atoms with van der Waals surface area (Å²) in [7, 11) is -3.67. The van der Waals surface area contributed by atoms with Crippen LogP contribution in [0.25, 0.3) is 0 Å². The van der Waals surface area contributed by atoms with Gasteiger partial charge in [0.15, 0.2) is 0 Å². The van der Waals surface area contributed by atoms with Crippen LogP contribution in [0.1, 0.15) is 27.2 Å². The lowest BCUT2D eigenvalue weighted by molar-refractivity contribution is 0.376. The third-order valence-electron chi connectivity index (χ3n) is 2.91. The van der Waals surface area contributed by atoms with E-state index >= 15 is 0 Å². The Balaban J connectivity index is 2.93. The molecule has 1 aromatic rings. The summed E-state index contributed by atoms with van der Waals surface area (Å²) < 4.78 is 22.8. The van der Waals surface area contributed by atoms with E-state index in [0.29, 0.717) is 12.2 Å². The highest BCUT2D eigenvalue weighted by molar-refractivity contribution is 7.89. The number of primary sulfonamides is 1. The van der Waals surface area contributed by atoms with Gasteiger partial charge in [-0.05, 0) is 24.0 Å². The molecule has 5 heteroatoms.